The third kappa shape index (κ3) is 8.09. The second-order valence-electron chi connectivity index (χ2n) is 13.8. The maximum Gasteiger partial charge on any atom is 0.359 e. The number of aromatic nitrogens is 2. The molecule has 1 aliphatic rings. The highest BCUT2D eigenvalue weighted by Crippen LogP contribution is 2.37. The van der Waals surface area contributed by atoms with Crippen LogP contribution < -0.4 is 4.74 Å². The van der Waals surface area contributed by atoms with Crippen molar-refractivity contribution in [2.24, 2.45) is 0 Å². The first-order valence-corrected chi connectivity index (χ1v) is 17.9. The van der Waals surface area contributed by atoms with E-state index >= 15 is 0 Å². The van der Waals surface area contributed by atoms with Crippen LogP contribution in [-0.2, 0) is 28.9 Å². The quantitative estimate of drug-likeness (QED) is 0.127. The average Bonchev–Trinajstić information content (AvgIpc) is 3.52. The number of carbonyl (C=O) groups excluding carboxylic acids is 3. The molecule has 5 aromatic rings. The Bertz CT molecular complexity index is 2080. The van der Waals surface area contributed by atoms with Gasteiger partial charge < -0.3 is 19.1 Å². The number of esters is 2. The summed E-state index contributed by atoms with van der Waals surface area (Å²) in [7, 11) is 0. The van der Waals surface area contributed by atoms with Gasteiger partial charge in [0.05, 0.1) is 23.6 Å². The summed E-state index contributed by atoms with van der Waals surface area (Å²) in [6, 6.07) is 30.1. The van der Waals surface area contributed by atoms with Crippen LogP contribution in [0.5, 0.6) is 11.5 Å². The molecule has 0 spiro atoms. The van der Waals surface area contributed by atoms with Crippen molar-refractivity contribution in [1.82, 2.24) is 14.7 Å². The molecule has 2 heterocycles. The molecule has 9 heteroatoms. The second kappa shape index (κ2) is 15.7. The number of rotatable bonds is 11. The molecule has 4 aromatic carbocycles. The minimum atomic E-state index is -0.735. The summed E-state index contributed by atoms with van der Waals surface area (Å²) in [5.74, 6) is -0.111. The number of nitrogens with zero attached hydrogens (tertiary/aromatic N) is 3. The molecule has 0 aliphatic carbocycles. The summed E-state index contributed by atoms with van der Waals surface area (Å²) in [5.41, 5.74) is 4.58. The van der Waals surface area contributed by atoms with Crippen LogP contribution >= 0.6 is 0 Å². The first-order valence-electron chi connectivity index (χ1n) is 17.9. The van der Waals surface area contributed by atoms with Gasteiger partial charge in [0.15, 0.2) is 5.69 Å². The molecule has 0 N–H and O–H groups in total. The highest BCUT2D eigenvalue weighted by atomic mass is 16.6. The Labute approximate surface area is 305 Å². The van der Waals surface area contributed by atoms with E-state index in [-0.39, 0.29) is 29.3 Å². The van der Waals surface area contributed by atoms with E-state index in [1.807, 2.05) is 72.8 Å². The molecule has 1 aliphatic heterocycles. The Hall–Kier alpha value is -5.70. The monoisotopic (exact) mass is 699 g/mol. The Balaban J connectivity index is 1.53. The van der Waals surface area contributed by atoms with Gasteiger partial charge in [-0.05, 0) is 100 Å². The molecule has 0 atom stereocenters. The lowest BCUT2D eigenvalue weighted by molar-refractivity contribution is 0.00692. The fourth-order valence-corrected chi connectivity index (χ4v) is 6.41. The standard InChI is InChI=1S/C43H45N3O6/c1-6-8-21-37-38(39(42(49)50-7-2)44-46(37)32-17-14-20-34(27-32)51-33-18-10-9-11-19-33)35-23-22-30(41(48)52-43(3,4)5)26-36(35)40(47)45-25-24-29-15-12-13-16-31(29)28-45/h9-20,22-23,26-27H,6-8,21,24-25,28H2,1-5H3. The lowest BCUT2D eigenvalue weighted by Gasteiger charge is -2.30. The molecule has 268 valence electrons. The summed E-state index contributed by atoms with van der Waals surface area (Å²) in [6.07, 6.45) is 2.94. The summed E-state index contributed by atoms with van der Waals surface area (Å²) in [6.45, 7) is 10.3. The van der Waals surface area contributed by atoms with Crippen LogP contribution in [-0.4, -0.2) is 51.3 Å². The molecule has 1 amide bonds. The number of para-hydroxylation sites is 1. The molecule has 0 bridgehead atoms. The van der Waals surface area contributed by atoms with Gasteiger partial charge in [-0.3, -0.25) is 4.79 Å². The van der Waals surface area contributed by atoms with E-state index in [0.717, 1.165) is 24.1 Å². The third-order valence-electron chi connectivity index (χ3n) is 8.83. The van der Waals surface area contributed by atoms with Gasteiger partial charge in [-0.25, -0.2) is 14.3 Å². The highest BCUT2D eigenvalue weighted by molar-refractivity contribution is 6.07. The Morgan fingerprint density at radius 2 is 1.54 bits per heavy atom. The number of carbonyl (C=O) groups is 3. The summed E-state index contributed by atoms with van der Waals surface area (Å²) >= 11 is 0. The van der Waals surface area contributed by atoms with Crippen molar-refractivity contribution >= 4 is 17.8 Å². The van der Waals surface area contributed by atoms with Crippen molar-refractivity contribution in [2.75, 3.05) is 13.2 Å². The number of ether oxygens (including phenoxy) is 3. The van der Waals surface area contributed by atoms with E-state index in [4.69, 9.17) is 19.3 Å². The fraction of sp³-hybridized carbons (Fsp3) is 0.302. The predicted octanol–water partition coefficient (Wildman–Crippen LogP) is 9.00. The van der Waals surface area contributed by atoms with Crippen molar-refractivity contribution < 1.29 is 28.6 Å². The first-order chi connectivity index (χ1) is 25.1. The van der Waals surface area contributed by atoms with Crippen LogP contribution in [0.15, 0.2) is 97.1 Å². The highest BCUT2D eigenvalue weighted by Gasteiger charge is 2.32. The maximum atomic E-state index is 14.7. The van der Waals surface area contributed by atoms with Crippen molar-refractivity contribution in [2.45, 2.75) is 72.4 Å². The maximum absolute atomic E-state index is 14.7. The van der Waals surface area contributed by atoms with Crippen LogP contribution in [0.1, 0.15) is 95.5 Å². The van der Waals surface area contributed by atoms with Crippen LogP contribution in [0.25, 0.3) is 16.8 Å². The van der Waals surface area contributed by atoms with Gasteiger partial charge in [0.1, 0.15) is 17.1 Å². The van der Waals surface area contributed by atoms with E-state index in [1.54, 1.807) is 55.5 Å². The lowest BCUT2D eigenvalue weighted by atomic mass is 9.92. The zero-order chi connectivity index (χ0) is 36.8. The smallest absolute Gasteiger partial charge is 0.359 e. The Morgan fingerprint density at radius 3 is 2.27 bits per heavy atom. The molecule has 1 aromatic heterocycles. The predicted molar refractivity (Wildman–Crippen MR) is 200 cm³/mol. The minimum absolute atomic E-state index is 0.0883. The van der Waals surface area contributed by atoms with Crippen molar-refractivity contribution in [3.8, 4) is 28.3 Å². The van der Waals surface area contributed by atoms with Gasteiger partial charge >= 0.3 is 11.9 Å². The minimum Gasteiger partial charge on any atom is -0.461 e. The largest absolute Gasteiger partial charge is 0.461 e. The van der Waals surface area contributed by atoms with E-state index < -0.39 is 17.5 Å². The number of hydrogen-bond acceptors (Lipinski definition) is 7. The summed E-state index contributed by atoms with van der Waals surface area (Å²) in [4.78, 5) is 43.7. The number of amides is 1. The number of unbranched alkanes of at least 4 members (excludes halogenated alkanes) is 1. The lowest BCUT2D eigenvalue weighted by Crippen LogP contribution is -2.36. The van der Waals surface area contributed by atoms with Gasteiger partial charge in [0, 0.05) is 30.3 Å². The van der Waals surface area contributed by atoms with E-state index in [2.05, 4.69) is 13.0 Å². The van der Waals surface area contributed by atoms with Gasteiger partial charge in [-0.2, -0.15) is 5.10 Å². The molecule has 0 saturated heterocycles. The van der Waals surface area contributed by atoms with Crippen molar-refractivity contribution in [3.05, 3.63) is 131 Å². The van der Waals surface area contributed by atoms with E-state index in [1.165, 1.54) is 5.56 Å². The zero-order valence-electron chi connectivity index (χ0n) is 30.5. The molecular weight excluding hydrogens is 654 g/mol. The molecule has 0 radical (unpaired) electrons. The van der Waals surface area contributed by atoms with Gasteiger partial charge in [-0.15, -0.1) is 0 Å². The summed E-state index contributed by atoms with van der Waals surface area (Å²) in [5, 5.41) is 4.90. The van der Waals surface area contributed by atoms with Crippen LogP contribution in [0.3, 0.4) is 0 Å². The van der Waals surface area contributed by atoms with Crippen molar-refractivity contribution in [1.29, 1.82) is 0 Å². The molecule has 52 heavy (non-hydrogen) atoms. The third-order valence-corrected chi connectivity index (χ3v) is 8.83. The van der Waals surface area contributed by atoms with Gasteiger partial charge in [0.25, 0.3) is 5.91 Å². The molecule has 0 saturated carbocycles. The average molecular weight is 700 g/mol. The Kier molecular flexibility index (Phi) is 10.9. The normalized spacial score (nSPS) is 12.6. The molecule has 0 unspecified atom stereocenters. The molecule has 9 nitrogen and oxygen atoms in total. The molecule has 6 rings (SSSR count). The number of hydrogen-bond donors (Lipinski definition) is 0. The van der Waals surface area contributed by atoms with Crippen LogP contribution in [0.4, 0.5) is 0 Å². The van der Waals surface area contributed by atoms with Gasteiger partial charge in [-0.1, -0.05) is 67.9 Å². The first kappa shape index (κ1) is 36.1. The number of benzene rings is 4. The van der Waals surface area contributed by atoms with Crippen LogP contribution in [0, 0.1) is 0 Å². The van der Waals surface area contributed by atoms with Crippen LogP contribution in [0.2, 0.25) is 0 Å². The topological polar surface area (TPSA) is 100.0 Å². The molecule has 0 fully saturated rings. The fourth-order valence-electron chi connectivity index (χ4n) is 6.41. The van der Waals surface area contributed by atoms with Crippen molar-refractivity contribution in [3.63, 3.8) is 0 Å². The summed E-state index contributed by atoms with van der Waals surface area (Å²) < 4.78 is 19.2. The number of fused-ring (bicyclic) bond motifs is 1. The zero-order valence-corrected chi connectivity index (χ0v) is 30.5. The van der Waals surface area contributed by atoms with E-state index in [9.17, 15) is 14.4 Å². The Morgan fingerprint density at radius 1 is 0.808 bits per heavy atom. The second-order valence-corrected chi connectivity index (χ2v) is 13.8. The van der Waals surface area contributed by atoms with Gasteiger partial charge in [0.2, 0.25) is 0 Å². The molecular formula is C43H45N3O6. The van der Waals surface area contributed by atoms with E-state index in [0.29, 0.717) is 54.2 Å². The SMILES string of the molecule is CCCCc1c(-c2ccc(C(=O)OC(C)(C)C)cc2C(=O)N2CCc3ccccc3C2)c(C(=O)OCC)nn1-c1cccc(Oc2ccccc2)c1.